The van der Waals surface area contributed by atoms with Crippen LogP contribution in [0.2, 0.25) is 0 Å². The fourth-order valence-electron chi connectivity index (χ4n) is 0.821. The van der Waals surface area contributed by atoms with E-state index < -0.39 is 0 Å². The van der Waals surface area contributed by atoms with E-state index in [2.05, 4.69) is 59.7 Å². The normalized spacial score (nSPS) is 9.64. The number of benzene rings is 1. The first-order valence-electron chi connectivity index (χ1n) is 3.62. The molecule has 74 valence electrons. The molecule has 0 aromatic heterocycles. The van der Waals surface area contributed by atoms with Gasteiger partial charge in [0.2, 0.25) is 5.91 Å². The lowest BCUT2D eigenvalue weighted by Gasteiger charge is -2.06. The van der Waals surface area contributed by atoms with E-state index in [9.17, 15) is 4.79 Å². The number of halogens is 3. The number of anilines is 1. The average molecular weight is 384 g/mol. The topological polar surface area (TPSA) is 29.1 Å². The van der Waals surface area contributed by atoms with Crippen molar-refractivity contribution in [2.24, 2.45) is 0 Å². The molecule has 0 spiro atoms. The van der Waals surface area contributed by atoms with Gasteiger partial charge in [0.25, 0.3) is 0 Å². The van der Waals surface area contributed by atoms with Crippen molar-refractivity contribution in [3.05, 3.63) is 38.2 Å². The van der Waals surface area contributed by atoms with E-state index in [4.69, 9.17) is 0 Å². The molecule has 1 aromatic rings. The first-order chi connectivity index (χ1) is 6.54. The summed E-state index contributed by atoms with van der Waals surface area (Å²) in [5, 5.41) is 2.66. The third-order valence-corrected chi connectivity index (χ3v) is 4.61. The SMILES string of the molecule is C=CC(=O)Nc1cc(Br)c(Br)c(Br)c1. The van der Waals surface area contributed by atoms with Crippen molar-refractivity contribution >= 4 is 59.4 Å². The maximum Gasteiger partial charge on any atom is 0.247 e. The molecule has 0 aliphatic heterocycles. The van der Waals surface area contributed by atoms with E-state index in [1.54, 1.807) is 12.1 Å². The summed E-state index contributed by atoms with van der Waals surface area (Å²) in [7, 11) is 0. The molecule has 0 radical (unpaired) electrons. The van der Waals surface area contributed by atoms with Gasteiger partial charge in [-0.05, 0) is 66.0 Å². The highest BCUT2D eigenvalue weighted by Crippen LogP contribution is 2.33. The van der Waals surface area contributed by atoms with Crippen LogP contribution in [0.3, 0.4) is 0 Å². The maximum absolute atomic E-state index is 11.0. The third-order valence-electron chi connectivity index (χ3n) is 1.44. The van der Waals surface area contributed by atoms with Crippen LogP contribution in [-0.4, -0.2) is 5.91 Å². The quantitative estimate of drug-likeness (QED) is 0.604. The van der Waals surface area contributed by atoms with E-state index >= 15 is 0 Å². The lowest BCUT2D eigenvalue weighted by molar-refractivity contribution is -0.111. The van der Waals surface area contributed by atoms with Crippen LogP contribution in [-0.2, 0) is 4.79 Å². The molecule has 1 aromatic carbocycles. The summed E-state index contributed by atoms with van der Waals surface area (Å²) in [5.41, 5.74) is 0.705. The summed E-state index contributed by atoms with van der Waals surface area (Å²) in [6.07, 6.45) is 1.23. The van der Waals surface area contributed by atoms with Crippen LogP contribution in [0, 0.1) is 0 Å². The second kappa shape index (κ2) is 5.09. The summed E-state index contributed by atoms with van der Waals surface area (Å²) in [5.74, 6) is -0.230. The zero-order valence-corrected chi connectivity index (χ0v) is 11.7. The molecular weight excluding hydrogens is 378 g/mol. The summed E-state index contributed by atoms with van der Waals surface area (Å²) in [4.78, 5) is 11.0. The zero-order chi connectivity index (χ0) is 10.7. The van der Waals surface area contributed by atoms with E-state index in [0.717, 1.165) is 13.4 Å². The number of amides is 1. The van der Waals surface area contributed by atoms with Crippen molar-refractivity contribution in [2.75, 3.05) is 5.32 Å². The Labute approximate surface area is 107 Å². The fraction of sp³-hybridized carbons (Fsp3) is 0. The number of hydrogen-bond acceptors (Lipinski definition) is 1. The van der Waals surface area contributed by atoms with E-state index in [-0.39, 0.29) is 5.91 Å². The van der Waals surface area contributed by atoms with Crippen LogP contribution in [0.5, 0.6) is 0 Å². The number of carbonyl (C=O) groups is 1. The van der Waals surface area contributed by atoms with Gasteiger partial charge in [0.05, 0.1) is 0 Å². The predicted molar refractivity (Wildman–Crippen MR) is 68.4 cm³/mol. The molecule has 0 aliphatic rings. The van der Waals surface area contributed by atoms with E-state index in [1.165, 1.54) is 6.08 Å². The lowest BCUT2D eigenvalue weighted by atomic mass is 10.3. The van der Waals surface area contributed by atoms with Gasteiger partial charge in [0, 0.05) is 19.1 Å². The Morgan fingerprint density at radius 3 is 2.21 bits per heavy atom. The van der Waals surface area contributed by atoms with Crippen molar-refractivity contribution in [3.8, 4) is 0 Å². The molecule has 0 bridgehead atoms. The minimum absolute atomic E-state index is 0.230. The molecule has 1 rings (SSSR count). The fourth-order valence-corrected chi connectivity index (χ4v) is 2.24. The van der Waals surface area contributed by atoms with Gasteiger partial charge in [-0.3, -0.25) is 4.79 Å². The second-order valence-electron chi connectivity index (χ2n) is 2.45. The number of hydrogen-bond donors (Lipinski definition) is 1. The first-order valence-corrected chi connectivity index (χ1v) is 6.00. The molecular formula is C9H6Br3NO. The minimum Gasteiger partial charge on any atom is -0.322 e. The van der Waals surface area contributed by atoms with Gasteiger partial charge >= 0.3 is 0 Å². The molecule has 0 saturated carbocycles. The zero-order valence-electron chi connectivity index (χ0n) is 6.98. The molecule has 14 heavy (non-hydrogen) atoms. The van der Waals surface area contributed by atoms with Crippen LogP contribution >= 0.6 is 47.8 Å². The second-order valence-corrected chi connectivity index (χ2v) is 4.95. The first kappa shape index (κ1) is 11.9. The largest absolute Gasteiger partial charge is 0.322 e. The summed E-state index contributed by atoms with van der Waals surface area (Å²) < 4.78 is 2.64. The van der Waals surface area contributed by atoms with Gasteiger partial charge in [0.15, 0.2) is 0 Å². The Hall–Kier alpha value is -0.130. The van der Waals surface area contributed by atoms with Crippen molar-refractivity contribution in [1.29, 1.82) is 0 Å². The average Bonchev–Trinajstić information content (AvgIpc) is 2.14. The Morgan fingerprint density at radius 1 is 1.29 bits per heavy atom. The van der Waals surface area contributed by atoms with Crippen molar-refractivity contribution in [1.82, 2.24) is 0 Å². The van der Waals surface area contributed by atoms with Crippen molar-refractivity contribution in [3.63, 3.8) is 0 Å². The lowest BCUT2D eigenvalue weighted by Crippen LogP contribution is -2.07. The molecule has 1 N–H and O–H groups in total. The monoisotopic (exact) mass is 381 g/mol. The molecule has 0 aliphatic carbocycles. The molecule has 1 amide bonds. The van der Waals surface area contributed by atoms with Gasteiger partial charge in [-0.2, -0.15) is 0 Å². The number of rotatable bonds is 2. The third kappa shape index (κ3) is 2.93. The smallest absolute Gasteiger partial charge is 0.247 e. The molecule has 0 fully saturated rings. The van der Waals surface area contributed by atoms with Crippen molar-refractivity contribution < 1.29 is 4.79 Å². The number of nitrogens with one attached hydrogen (secondary N) is 1. The number of carbonyl (C=O) groups excluding carboxylic acids is 1. The Balaban J connectivity index is 3.01. The Bertz CT molecular complexity index is 367. The summed E-state index contributed by atoms with van der Waals surface area (Å²) in [6, 6.07) is 3.60. The van der Waals surface area contributed by atoms with Crippen LogP contribution in [0.1, 0.15) is 0 Å². The predicted octanol–water partition coefficient (Wildman–Crippen LogP) is 4.10. The van der Waals surface area contributed by atoms with E-state index in [0.29, 0.717) is 5.69 Å². The summed E-state index contributed by atoms with van der Waals surface area (Å²) >= 11 is 10.1. The van der Waals surface area contributed by atoms with Gasteiger partial charge in [0.1, 0.15) is 0 Å². The van der Waals surface area contributed by atoms with Crippen LogP contribution in [0.4, 0.5) is 5.69 Å². The molecule has 2 nitrogen and oxygen atoms in total. The standard InChI is InChI=1S/C9H6Br3NO/c1-2-8(14)13-5-3-6(10)9(12)7(11)4-5/h2-4H,1H2,(H,13,14). The molecule has 0 atom stereocenters. The molecule has 5 heteroatoms. The maximum atomic E-state index is 11.0. The highest BCUT2D eigenvalue weighted by Gasteiger charge is 2.05. The molecule has 0 heterocycles. The molecule has 0 saturated heterocycles. The van der Waals surface area contributed by atoms with Gasteiger partial charge in [-0.15, -0.1) is 0 Å². The van der Waals surface area contributed by atoms with Crippen LogP contribution in [0.15, 0.2) is 38.2 Å². The Morgan fingerprint density at radius 2 is 1.79 bits per heavy atom. The van der Waals surface area contributed by atoms with Gasteiger partial charge in [-0.1, -0.05) is 6.58 Å². The Kier molecular flexibility index (Phi) is 4.34. The summed E-state index contributed by atoms with van der Waals surface area (Å²) in [6.45, 7) is 3.37. The van der Waals surface area contributed by atoms with Gasteiger partial charge in [-0.25, -0.2) is 0 Å². The van der Waals surface area contributed by atoms with Crippen molar-refractivity contribution in [2.45, 2.75) is 0 Å². The van der Waals surface area contributed by atoms with E-state index in [1.807, 2.05) is 0 Å². The molecule has 0 unspecified atom stereocenters. The highest BCUT2D eigenvalue weighted by molar-refractivity contribution is 9.14. The highest BCUT2D eigenvalue weighted by atomic mass is 79.9. The van der Waals surface area contributed by atoms with Gasteiger partial charge < -0.3 is 5.32 Å². The van der Waals surface area contributed by atoms with Crippen LogP contribution < -0.4 is 5.32 Å². The van der Waals surface area contributed by atoms with Crippen LogP contribution in [0.25, 0.3) is 0 Å². The minimum atomic E-state index is -0.230.